The summed E-state index contributed by atoms with van der Waals surface area (Å²) in [5.41, 5.74) is 4.76. The molecule has 2 rings (SSSR count). The van der Waals surface area contributed by atoms with Crippen molar-refractivity contribution in [2.75, 3.05) is 5.32 Å². The lowest BCUT2D eigenvalue weighted by atomic mass is 9.89. The Morgan fingerprint density at radius 3 is 2.68 bits per heavy atom. The van der Waals surface area contributed by atoms with Crippen molar-refractivity contribution < 1.29 is 8.78 Å². The smallest absolute Gasteiger partial charge is 0.288 e. The highest BCUT2D eigenvalue weighted by molar-refractivity contribution is 7.99. The molecule has 2 N–H and O–H groups in total. The van der Waals surface area contributed by atoms with Crippen molar-refractivity contribution in [3.05, 3.63) is 24.3 Å². The molecule has 22 heavy (non-hydrogen) atoms. The molecule has 1 aliphatic rings. The lowest BCUT2D eigenvalue weighted by Gasteiger charge is -2.20. The second-order valence-electron chi connectivity index (χ2n) is 5.22. The van der Waals surface area contributed by atoms with Crippen molar-refractivity contribution in [3.8, 4) is 0 Å². The van der Waals surface area contributed by atoms with Gasteiger partial charge in [0.2, 0.25) is 0 Å². The lowest BCUT2D eigenvalue weighted by molar-refractivity contribution is 0.252. The largest absolute Gasteiger partial charge is 0.331 e. The first-order chi connectivity index (χ1) is 10.5. The van der Waals surface area contributed by atoms with Crippen LogP contribution in [0.25, 0.3) is 0 Å². The molecular formula is C15H19F2N3S2. The first-order valence-corrected chi connectivity index (χ1v) is 8.51. The first-order valence-electron chi connectivity index (χ1n) is 7.23. The van der Waals surface area contributed by atoms with E-state index in [1.807, 2.05) is 0 Å². The monoisotopic (exact) mass is 343 g/mol. The van der Waals surface area contributed by atoms with Crippen molar-refractivity contribution in [3.63, 3.8) is 0 Å². The average Bonchev–Trinajstić information content (AvgIpc) is 2.48. The molecule has 0 amide bonds. The maximum absolute atomic E-state index is 12.2. The number of nitrogens with zero attached hydrogens (tertiary/aromatic N) is 1. The van der Waals surface area contributed by atoms with Gasteiger partial charge in [-0.25, -0.2) is 0 Å². The van der Waals surface area contributed by atoms with Gasteiger partial charge in [-0.15, -0.1) is 0 Å². The molecule has 0 bridgehead atoms. The molecule has 0 spiro atoms. The van der Waals surface area contributed by atoms with Gasteiger partial charge in [-0.1, -0.05) is 25.1 Å². The quantitative estimate of drug-likeness (QED) is 0.465. The van der Waals surface area contributed by atoms with Gasteiger partial charge >= 0.3 is 0 Å². The molecule has 1 atom stereocenters. The number of anilines is 1. The van der Waals surface area contributed by atoms with Crippen LogP contribution in [0.15, 0.2) is 34.3 Å². The number of hydrogen-bond donors (Lipinski definition) is 2. The standard InChI is InChI=1S/C15H19F2N3S2/c1-10-4-2-3-5-13(10)19-20-15(21)18-11-6-8-12(9-7-11)22-14(16)17/h6-10,14H,2-5H2,1H3,(H2,18,20,21)/b19-13-/t10-/m0/s1. The van der Waals surface area contributed by atoms with Crippen LogP contribution in [0.1, 0.15) is 32.6 Å². The van der Waals surface area contributed by atoms with E-state index in [0.717, 1.165) is 17.8 Å². The first kappa shape index (κ1) is 17.1. The van der Waals surface area contributed by atoms with Crippen LogP contribution < -0.4 is 10.7 Å². The van der Waals surface area contributed by atoms with E-state index in [1.165, 1.54) is 19.3 Å². The van der Waals surface area contributed by atoms with Crippen LogP contribution in [0.4, 0.5) is 14.5 Å². The minimum atomic E-state index is -2.41. The van der Waals surface area contributed by atoms with E-state index in [1.54, 1.807) is 24.3 Å². The third kappa shape index (κ3) is 5.53. The molecule has 1 saturated carbocycles. The number of thiocarbonyl (C=S) groups is 1. The van der Waals surface area contributed by atoms with Crippen molar-refractivity contribution in [1.82, 2.24) is 5.43 Å². The Labute approximate surface area is 138 Å². The summed E-state index contributed by atoms with van der Waals surface area (Å²) in [5, 5.41) is 7.77. The van der Waals surface area contributed by atoms with Crippen LogP contribution in [0.3, 0.4) is 0 Å². The SMILES string of the molecule is C[C@H]1CCCC/C1=N/NC(=S)Nc1ccc(SC(F)F)cc1. The van der Waals surface area contributed by atoms with Gasteiger partial charge < -0.3 is 5.32 Å². The Morgan fingerprint density at radius 2 is 2.05 bits per heavy atom. The number of hydrogen-bond acceptors (Lipinski definition) is 3. The summed E-state index contributed by atoms with van der Waals surface area (Å²) in [6, 6.07) is 6.71. The summed E-state index contributed by atoms with van der Waals surface area (Å²) in [6.07, 6.45) is 4.61. The molecule has 0 aliphatic heterocycles. The second-order valence-corrected chi connectivity index (χ2v) is 6.69. The zero-order valence-electron chi connectivity index (χ0n) is 12.3. The maximum Gasteiger partial charge on any atom is 0.288 e. The minimum absolute atomic E-state index is 0.402. The lowest BCUT2D eigenvalue weighted by Crippen LogP contribution is -2.27. The Balaban J connectivity index is 1.85. The van der Waals surface area contributed by atoms with Crippen LogP contribution in [0.5, 0.6) is 0 Å². The average molecular weight is 343 g/mol. The van der Waals surface area contributed by atoms with Gasteiger partial charge in [0.05, 0.1) is 0 Å². The zero-order chi connectivity index (χ0) is 15.9. The summed E-state index contributed by atoms with van der Waals surface area (Å²) in [5.74, 6) is -1.91. The van der Waals surface area contributed by atoms with Gasteiger partial charge in [0.25, 0.3) is 5.76 Å². The number of benzene rings is 1. The van der Waals surface area contributed by atoms with Gasteiger partial charge in [0.15, 0.2) is 5.11 Å². The summed E-state index contributed by atoms with van der Waals surface area (Å²) >= 11 is 5.72. The highest BCUT2D eigenvalue weighted by Gasteiger charge is 2.15. The molecule has 7 heteroatoms. The molecule has 0 saturated heterocycles. The molecule has 1 aromatic rings. The van der Waals surface area contributed by atoms with Crippen LogP contribution in [-0.4, -0.2) is 16.6 Å². The zero-order valence-corrected chi connectivity index (χ0v) is 13.9. The van der Waals surface area contributed by atoms with Crippen molar-refractivity contribution in [1.29, 1.82) is 0 Å². The molecule has 1 aliphatic carbocycles. The van der Waals surface area contributed by atoms with E-state index in [9.17, 15) is 8.78 Å². The molecular weight excluding hydrogens is 324 g/mol. The van der Waals surface area contributed by atoms with E-state index < -0.39 is 5.76 Å². The number of nitrogens with one attached hydrogen (secondary N) is 2. The maximum atomic E-state index is 12.2. The van der Waals surface area contributed by atoms with Crippen molar-refractivity contribution in [2.45, 2.75) is 43.3 Å². The highest BCUT2D eigenvalue weighted by Crippen LogP contribution is 2.26. The van der Waals surface area contributed by atoms with Crippen LogP contribution >= 0.6 is 24.0 Å². The van der Waals surface area contributed by atoms with Crippen molar-refractivity contribution in [2.24, 2.45) is 11.0 Å². The minimum Gasteiger partial charge on any atom is -0.331 e. The fourth-order valence-corrected chi connectivity index (χ4v) is 3.00. The van der Waals surface area contributed by atoms with Crippen LogP contribution in [0.2, 0.25) is 0 Å². The Hall–Kier alpha value is -1.21. The number of alkyl halides is 2. The van der Waals surface area contributed by atoms with Gasteiger partial charge in [-0.3, -0.25) is 5.43 Å². The third-order valence-corrected chi connectivity index (χ3v) is 4.44. The van der Waals surface area contributed by atoms with E-state index >= 15 is 0 Å². The fourth-order valence-electron chi connectivity index (χ4n) is 2.34. The highest BCUT2D eigenvalue weighted by atomic mass is 32.2. The molecule has 0 unspecified atom stereocenters. The van der Waals surface area contributed by atoms with Gasteiger partial charge in [-0.2, -0.15) is 13.9 Å². The summed E-state index contributed by atoms with van der Waals surface area (Å²) in [7, 11) is 0. The fraction of sp³-hybridized carbons (Fsp3) is 0.467. The number of hydrazone groups is 1. The van der Waals surface area contributed by atoms with Gasteiger partial charge in [-0.05, 0) is 61.7 Å². The molecule has 0 radical (unpaired) electrons. The molecule has 0 heterocycles. The van der Waals surface area contributed by atoms with Crippen molar-refractivity contribution >= 4 is 40.5 Å². The summed E-state index contributed by atoms with van der Waals surface area (Å²) in [4.78, 5) is 0.524. The molecule has 1 aromatic carbocycles. The summed E-state index contributed by atoms with van der Waals surface area (Å²) in [6.45, 7) is 2.18. The predicted octanol–water partition coefficient (Wildman–Crippen LogP) is 4.85. The molecule has 120 valence electrons. The Morgan fingerprint density at radius 1 is 1.32 bits per heavy atom. The van der Waals surface area contributed by atoms with Gasteiger partial charge in [0.1, 0.15) is 0 Å². The summed E-state index contributed by atoms with van der Waals surface area (Å²) < 4.78 is 24.5. The number of rotatable bonds is 4. The van der Waals surface area contributed by atoms with Gasteiger partial charge in [0, 0.05) is 16.3 Å². The second kappa shape index (κ2) is 8.43. The third-order valence-electron chi connectivity index (χ3n) is 3.53. The Kier molecular flexibility index (Phi) is 6.57. The number of halogens is 2. The normalized spacial score (nSPS) is 20.2. The Bertz CT molecular complexity index is 532. The molecule has 1 fully saturated rings. The van der Waals surface area contributed by atoms with E-state index in [-0.39, 0.29) is 0 Å². The topological polar surface area (TPSA) is 36.4 Å². The van der Waals surface area contributed by atoms with Crippen LogP contribution in [-0.2, 0) is 0 Å². The predicted molar refractivity (Wildman–Crippen MR) is 92.7 cm³/mol. The molecule has 3 nitrogen and oxygen atoms in total. The number of thioether (sulfide) groups is 1. The molecule has 0 aromatic heterocycles. The van der Waals surface area contributed by atoms with E-state index in [4.69, 9.17) is 12.2 Å². The van der Waals surface area contributed by atoms with Crippen LogP contribution in [0, 0.1) is 5.92 Å². The van der Waals surface area contributed by atoms with E-state index in [0.29, 0.717) is 27.7 Å². The van der Waals surface area contributed by atoms with E-state index in [2.05, 4.69) is 22.8 Å².